The molecule has 1 N–H and O–H groups in total. The van der Waals surface area contributed by atoms with E-state index in [1.165, 1.54) is 25.3 Å². The lowest BCUT2D eigenvalue weighted by atomic mass is 10.0. The van der Waals surface area contributed by atoms with Crippen LogP contribution in [0.2, 0.25) is 0 Å². The first-order valence-electron chi connectivity index (χ1n) is 7.51. The first-order chi connectivity index (χ1) is 9.72. The van der Waals surface area contributed by atoms with Crippen molar-refractivity contribution in [3.05, 3.63) is 29.6 Å². The Kier molecular flexibility index (Phi) is 5.80. The van der Waals surface area contributed by atoms with Gasteiger partial charge in [-0.25, -0.2) is 4.39 Å². The molecule has 1 aromatic carbocycles. The predicted octanol–water partition coefficient (Wildman–Crippen LogP) is 2.80. The zero-order chi connectivity index (χ0) is 14.4. The molecule has 1 aliphatic rings. The molecule has 0 amide bonds. The van der Waals surface area contributed by atoms with Gasteiger partial charge in [0.05, 0.1) is 7.11 Å². The number of methoxy groups -OCH3 is 1. The molecular weight excluding hydrogens is 255 g/mol. The normalized spacial score (nSPS) is 19.3. The van der Waals surface area contributed by atoms with Gasteiger partial charge in [0.1, 0.15) is 11.6 Å². The number of nitrogens with one attached hydrogen (secondary N) is 1. The third-order valence-corrected chi connectivity index (χ3v) is 3.97. The monoisotopic (exact) mass is 280 g/mol. The second-order valence-electron chi connectivity index (χ2n) is 5.43. The highest BCUT2D eigenvalue weighted by Gasteiger charge is 2.17. The molecular formula is C16H25FN2O. The summed E-state index contributed by atoms with van der Waals surface area (Å²) < 4.78 is 18.7. The summed E-state index contributed by atoms with van der Waals surface area (Å²) in [7, 11) is 1.63. The molecule has 3 nitrogen and oxygen atoms in total. The molecule has 1 aliphatic heterocycles. The van der Waals surface area contributed by atoms with Gasteiger partial charge >= 0.3 is 0 Å². The first-order valence-corrected chi connectivity index (χ1v) is 7.51. The summed E-state index contributed by atoms with van der Waals surface area (Å²) in [5.74, 6) is 0.564. The number of hydrogen-bond acceptors (Lipinski definition) is 3. The number of hydrogen-bond donors (Lipinski definition) is 1. The molecule has 1 fully saturated rings. The lowest BCUT2D eigenvalue weighted by Crippen LogP contribution is -2.43. The fraction of sp³-hybridized carbons (Fsp3) is 0.625. The van der Waals surface area contributed by atoms with E-state index in [9.17, 15) is 4.39 Å². The van der Waals surface area contributed by atoms with E-state index in [0.29, 0.717) is 6.04 Å². The van der Waals surface area contributed by atoms with Crippen LogP contribution in [0.25, 0.3) is 0 Å². The number of likely N-dealkylation sites (N-methyl/N-ethyl adjacent to an activating group) is 1. The van der Waals surface area contributed by atoms with Gasteiger partial charge in [-0.1, -0.05) is 13.3 Å². The Bertz CT molecular complexity index is 419. The Morgan fingerprint density at radius 3 is 2.90 bits per heavy atom. The Morgan fingerprint density at radius 2 is 2.25 bits per heavy atom. The minimum absolute atomic E-state index is 0.201. The third-order valence-electron chi connectivity index (χ3n) is 3.97. The molecule has 1 heterocycles. The van der Waals surface area contributed by atoms with Gasteiger partial charge in [0.2, 0.25) is 0 Å². The topological polar surface area (TPSA) is 24.5 Å². The maximum atomic E-state index is 13.4. The number of halogens is 1. The summed E-state index contributed by atoms with van der Waals surface area (Å²) in [6.45, 7) is 5.96. The molecule has 112 valence electrons. The molecule has 20 heavy (non-hydrogen) atoms. The van der Waals surface area contributed by atoms with Crippen LogP contribution in [0.3, 0.4) is 0 Å². The van der Waals surface area contributed by atoms with Crippen LogP contribution >= 0.6 is 0 Å². The van der Waals surface area contributed by atoms with Crippen molar-refractivity contribution in [1.29, 1.82) is 0 Å². The Balaban J connectivity index is 1.99. The van der Waals surface area contributed by atoms with Crippen molar-refractivity contribution >= 4 is 0 Å². The standard InChI is InChI=1S/C16H25FN2O/c1-3-19(12-15-6-4-5-9-18-15)11-13-10-14(17)7-8-16(13)20-2/h7-8,10,15,18H,3-6,9,11-12H2,1-2H3. The van der Waals surface area contributed by atoms with Gasteiger partial charge in [-0.15, -0.1) is 0 Å². The highest BCUT2D eigenvalue weighted by Crippen LogP contribution is 2.21. The Labute approximate surface area is 121 Å². The zero-order valence-corrected chi connectivity index (χ0v) is 12.5. The molecule has 0 saturated carbocycles. The molecule has 2 rings (SSSR count). The third kappa shape index (κ3) is 4.18. The van der Waals surface area contributed by atoms with E-state index in [1.54, 1.807) is 19.2 Å². The van der Waals surface area contributed by atoms with E-state index in [2.05, 4.69) is 17.1 Å². The van der Waals surface area contributed by atoms with Gasteiger partial charge in [-0.3, -0.25) is 4.90 Å². The van der Waals surface area contributed by atoms with Crippen LogP contribution < -0.4 is 10.1 Å². The van der Waals surface area contributed by atoms with Gasteiger partial charge in [0.15, 0.2) is 0 Å². The molecule has 1 unspecified atom stereocenters. The van der Waals surface area contributed by atoms with E-state index < -0.39 is 0 Å². The maximum absolute atomic E-state index is 13.4. The maximum Gasteiger partial charge on any atom is 0.123 e. The number of ether oxygens (including phenoxy) is 1. The second kappa shape index (κ2) is 7.60. The first kappa shape index (κ1) is 15.3. The van der Waals surface area contributed by atoms with Crippen molar-refractivity contribution in [2.24, 2.45) is 0 Å². The van der Waals surface area contributed by atoms with Crippen LogP contribution in [-0.2, 0) is 6.54 Å². The second-order valence-corrected chi connectivity index (χ2v) is 5.43. The fourth-order valence-corrected chi connectivity index (χ4v) is 2.81. The minimum atomic E-state index is -0.201. The van der Waals surface area contributed by atoms with Crippen molar-refractivity contribution in [2.45, 2.75) is 38.8 Å². The summed E-state index contributed by atoms with van der Waals surface area (Å²) in [6, 6.07) is 5.29. The summed E-state index contributed by atoms with van der Waals surface area (Å²) in [5.41, 5.74) is 0.921. The highest BCUT2D eigenvalue weighted by atomic mass is 19.1. The summed E-state index contributed by atoms with van der Waals surface area (Å²) in [6.07, 6.45) is 3.82. The zero-order valence-electron chi connectivity index (χ0n) is 12.5. The Morgan fingerprint density at radius 1 is 1.40 bits per heavy atom. The van der Waals surface area contributed by atoms with Crippen LogP contribution in [0.15, 0.2) is 18.2 Å². The van der Waals surface area contributed by atoms with Gasteiger partial charge < -0.3 is 10.1 Å². The number of nitrogens with zero attached hydrogens (tertiary/aromatic N) is 1. The van der Waals surface area contributed by atoms with Crippen molar-refractivity contribution in [2.75, 3.05) is 26.7 Å². The number of piperidine rings is 1. The van der Waals surface area contributed by atoms with Crippen LogP contribution in [0.4, 0.5) is 4.39 Å². The molecule has 0 spiro atoms. The Hall–Kier alpha value is -1.13. The van der Waals surface area contributed by atoms with Crippen LogP contribution in [0.5, 0.6) is 5.75 Å². The number of rotatable bonds is 6. The SMILES string of the molecule is CCN(Cc1cc(F)ccc1OC)CC1CCCCN1. The number of benzene rings is 1. The summed E-state index contributed by atoms with van der Waals surface area (Å²) in [4.78, 5) is 2.35. The molecule has 1 saturated heterocycles. The van der Waals surface area contributed by atoms with Crippen LogP contribution in [0.1, 0.15) is 31.7 Å². The van der Waals surface area contributed by atoms with E-state index in [1.807, 2.05) is 0 Å². The fourth-order valence-electron chi connectivity index (χ4n) is 2.81. The van der Waals surface area contributed by atoms with Gasteiger partial charge in [-0.05, 0) is 44.1 Å². The van der Waals surface area contributed by atoms with Gasteiger partial charge in [-0.2, -0.15) is 0 Å². The smallest absolute Gasteiger partial charge is 0.123 e. The largest absolute Gasteiger partial charge is 0.496 e. The van der Waals surface area contributed by atoms with Crippen molar-refractivity contribution in [3.63, 3.8) is 0 Å². The van der Waals surface area contributed by atoms with Crippen molar-refractivity contribution < 1.29 is 9.13 Å². The van der Waals surface area contributed by atoms with Crippen molar-refractivity contribution in [1.82, 2.24) is 10.2 Å². The van der Waals surface area contributed by atoms with Gasteiger partial charge in [0, 0.05) is 24.7 Å². The predicted molar refractivity (Wildman–Crippen MR) is 79.5 cm³/mol. The molecule has 1 atom stereocenters. The van der Waals surface area contributed by atoms with E-state index in [-0.39, 0.29) is 5.82 Å². The van der Waals surface area contributed by atoms with E-state index in [4.69, 9.17) is 4.74 Å². The van der Waals surface area contributed by atoms with E-state index in [0.717, 1.165) is 37.5 Å². The van der Waals surface area contributed by atoms with Crippen LogP contribution in [-0.4, -0.2) is 37.7 Å². The average Bonchev–Trinajstić information content (AvgIpc) is 2.48. The van der Waals surface area contributed by atoms with Gasteiger partial charge in [0.25, 0.3) is 0 Å². The molecule has 4 heteroatoms. The van der Waals surface area contributed by atoms with Crippen molar-refractivity contribution in [3.8, 4) is 5.75 Å². The van der Waals surface area contributed by atoms with E-state index >= 15 is 0 Å². The molecule has 0 bridgehead atoms. The summed E-state index contributed by atoms with van der Waals surface area (Å²) in [5, 5.41) is 3.56. The average molecular weight is 280 g/mol. The molecule has 0 aromatic heterocycles. The highest BCUT2D eigenvalue weighted by molar-refractivity contribution is 5.33. The lowest BCUT2D eigenvalue weighted by molar-refractivity contribution is 0.223. The molecule has 1 aromatic rings. The minimum Gasteiger partial charge on any atom is -0.496 e. The quantitative estimate of drug-likeness (QED) is 0.867. The summed E-state index contributed by atoms with van der Waals surface area (Å²) >= 11 is 0. The molecule has 0 radical (unpaired) electrons. The molecule has 0 aliphatic carbocycles. The lowest BCUT2D eigenvalue weighted by Gasteiger charge is -2.30. The van der Waals surface area contributed by atoms with Crippen LogP contribution in [0, 0.1) is 5.82 Å².